The molecule has 6 rings (SSSR count). The smallest absolute Gasteiger partial charge is 0.187 e. The van der Waals surface area contributed by atoms with Crippen LogP contribution >= 0.6 is 0 Å². The lowest BCUT2D eigenvalue weighted by Crippen LogP contribution is -2.72. The predicted octanol–water partition coefficient (Wildman–Crippen LogP) is 7.35. The fraction of sp³-hybridized carbons (Fsp3) is 0.914. The first kappa shape index (κ1) is 38.2. The van der Waals surface area contributed by atoms with Gasteiger partial charge in [0.15, 0.2) is 12.6 Å². The Morgan fingerprint density at radius 1 is 0.791 bits per heavy atom. The maximum atomic E-state index is 6.78. The molecule has 43 heavy (non-hydrogen) atoms. The highest BCUT2D eigenvalue weighted by atomic mass is 16.7. The summed E-state index contributed by atoms with van der Waals surface area (Å²) in [4.78, 5) is 5.73. The largest absolute Gasteiger partial charge is 0.392 e. The van der Waals surface area contributed by atoms with Crippen molar-refractivity contribution in [3.8, 4) is 0 Å². The Balaban J connectivity index is 0.00000161. The summed E-state index contributed by atoms with van der Waals surface area (Å²) in [6.45, 7) is 17.8. The lowest BCUT2D eigenvalue weighted by molar-refractivity contribution is -0.393. The van der Waals surface area contributed by atoms with E-state index in [2.05, 4.69) is 53.3 Å². The van der Waals surface area contributed by atoms with Gasteiger partial charge in [-0.15, -0.1) is 0 Å². The maximum Gasteiger partial charge on any atom is 0.187 e. The molecule has 2 saturated carbocycles. The van der Waals surface area contributed by atoms with Gasteiger partial charge < -0.3 is 33.3 Å². The van der Waals surface area contributed by atoms with E-state index < -0.39 is 12.6 Å². The van der Waals surface area contributed by atoms with E-state index in [0.717, 1.165) is 18.6 Å². The number of hydrogen-bond acceptors (Lipinski definition) is 8. The fourth-order valence-corrected chi connectivity index (χ4v) is 10.4. The quantitative estimate of drug-likeness (QED) is 0.123. The topological polar surface area (TPSA) is 77.0 Å². The van der Waals surface area contributed by atoms with Gasteiger partial charge in [0.05, 0.1) is 24.0 Å². The summed E-state index contributed by atoms with van der Waals surface area (Å²) in [7, 11) is 3.47. The minimum atomic E-state index is -0.444. The van der Waals surface area contributed by atoms with Crippen molar-refractivity contribution in [3.05, 3.63) is 12.7 Å². The lowest BCUT2D eigenvalue weighted by atomic mass is 9.65. The van der Waals surface area contributed by atoms with Crippen molar-refractivity contribution < 1.29 is 33.3 Å². The third-order valence-corrected chi connectivity index (χ3v) is 11.6. The molecule has 0 aromatic rings. The van der Waals surface area contributed by atoms with Crippen molar-refractivity contribution in [2.45, 2.75) is 139 Å². The molecule has 2 aliphatic carbocycles. The summed E-state index contributed by atoms with van der Waals surface area (Å²) in [6.07, 6.45) is 3.80. The number of methoxy groups -OCH3 is 2. The van der Waals surface area contributed by atoms with Crippen molar-refractivity contribution >= 4 is 5.71 Å². The molecule has 8 nitrogen and oxygen atoms in total. The summed E-state index contributed by atoms with van der Waals surface area (Å²) in [5, 5.41) is 4.67. The first-order valence-electron chi connectivity index (χ1n) is 15.2. The van der Waals surface area contributed by atoms with Crippen LogP contribution in [0.2, 0.25) is 0 Å². The average Bonchev–Trinajstić information content (AvgIpc) is 3.28. The third kappa shape index (κ3) is 5.14. The van der Waals surface area contributed by atoms with Gasteiger partial charge in [-0.25, -0.2) is 0 Å². The molecule has 4 aliphatic heterocycles. The third-order valence-electron chi connectivity index (χ3n) is 11.6. The minimum absolute atomic E-state index is 0. The number of oxime groups is 1. The zero-order chi connectivity index (χ0) is 27.9. The van der Waals surface area contributed by atoms with Crippen molar-refractivity contribution in [1.82, 2.24) is 0 Å². The molecule has 8 heteroatoms. The van der Waals surface area contributed by atoms with Gasteiger partial charge in [0.25, 0.3) is 0 Å². The van der Waals surface area contributed by atoms with Crippen LogP contribution in [0.25, 0.3) is 0 Å². The molecule has 6 fully saturated rings. The lowest BCUT2D eigenvalue weighted by Gasteiger charge is -2.61. The minimum Gasteiger partial charge on any atom is -0.392 e. The van der Waals surface area contributed by atoms with Crippen molar-refractivity contribution in [1.29, 1.82) is 0 Å². The van der Waals surface area contributed by atoms with Crippen LogP contribution in [-0.4, -0.2) is 74.7 Å². The standard InChI is InChI=1S/C31H49NO7.4CH4/c1-10-11-35-32-23(27-18(5)22-13-16(3)26-20(7)39-31(22,26)29(34-9)37-27)14-24-17(4)21-12-15(2)25-19(6)38-30(21,25)28(33-8)36-24;;;;/h10,15-22,24-29H,1,11-14H2,2-9H3;4*1H4/b32-23-;;;;/t15?,16?,17-,18-,19?,20?,21+,22+,24-,25?,26?,27+,28+,29+,30+,31+;;;;/m1..../s1. The molecule has 0 radical (unpaired) electrons. The molecule has 0 amide bonds. The summed E-state index contributed by atoms with van der Waals surface area (Å²) in [5.41, 5.74) is 0.125. The summed E-state index contributed by atoms with van der Waals surface area (Å²) in [5.74, 6) is 3.19. The zero-order valence-corrected chi connectivity index (χ0v) is 25.0. The van der Waals surface area contributed by atoms with E-state index in [1.54, 1.807) is 20.3 Å². The van der Waals surface area contributed by atoms with Gasteiger partial charge in [-0.2, -0.15) is 0 Å². The molecule has 4 heterocycles. The number of hydrogen-bond donors (Lipinski definition) is 0. The number of nitrogens with zero attached hydrogens (tertiary/aromatic N) is 1. The van der Waals surface area contributed by atoms with Crippen LogP contribution in [0.15, 0.2) is 17.8 Å². The Hall–Kier alpha value is -1.03. The Labute approximate surface area is 263 Å². The van der Waals surface area contributed by atoms with Crippen LogP contribution in [0, 0.1) is 47.3 Å². The summed E-state index contributed by atoms with van der Waals surface area (Å²) < 4.78 is 38.6. The van der Waals surface area contributed by atoms with E-state index in [-0.39, 0.29) is 77.2 Å². The van der Waals surface area contributed by atoms with Crippen LogP contribution in [0.1, 0.15) is 90.5 Å². The Kier molecular flexibility index (Phi) is 12.2. The average molecular weight is 612 g/mol. The Morgan fingerprint density at radius 3 is 1.74 bits per heavy atom. The Bertz CT molecular complexity index is 976. The molecule has 2 spiro atoms. The SMILES string of the molecule is C.C.C.C.C=CCO/N=C(/C[C@H]1O[C@H](OC)[C@@]23OC(C)C2C(C)C[C@H]3[C@H]1C)[C@H]1O[C@H](OC)[C@@]23OC(C)C2C(C)C[C@H]3[C@H]1C. The van der Waals surface area contributed by atoms with E-state index >= 15 is 0 Å². The molecule has 6 aliphatic rings. The molecule has 4 saturated heterocycles. The van der Waals surface area contributed by atoms with Crippen LogP contribution in [0.5, 0.6) is 0 Å². The van der Waals surface area contributed by atoms with E-state index in [9.17, 15) is 0 Å². The highest BCUT2D eigenvalue weighted by Crippen LogP contribution is 2.65. The maximum absolute atomic E-state index is 6.78. The fourth-order valence-electron chi connectivity index (χ4n) is 10.4. The van der Waals surface area contributed by atoms with Crippen LogP contribution < -0.4 is 0 Å². The second-order valence-electron chi connectivity index (χ2n) is 13.5. The van der Waals surface area contributed by atoms with Crippen LogP contribution in [0.4, 0.5) is 0 Å². The molecule has 252 valence electrons. The first-order chi connectivity index (χ1) is 18.6. The van der Waals surface area contributed by atoms with Gasteiger partial charge >= 0.3 is 0 Å². The molecule has 0 aromatic carbocycles. The van der Waals surface area contributed by atoms with Crippen molar-refractivity contribution in [2.75, 3.05) is 20.8 Å². The van der Waals surface area contributed by atoms with Gasteiger partial charge in [-0.05, 0) is 62.2 Å². The van der Waals surface area contributed by atoms with E-state index in [1.165, 1.54) is 0 Å². The van der Waals surface area contributed by atoms with E-state index in [4.69, 9.17) is 33.3 Å². The molecule has 0 aromatic heterocycles. The predicted molar refractivity (Wildman–Crippen MR) is 173 cm³/mol. The Morgan fingerprint density at radius 2 is 1.28 bits per heavy atom. The molecular formula is C35H65NO7. The van der Waals surface area contributed by atoms with Crippen LogP contribution in [0.3, 0.4) is 0 Å². The number of rotatable bonds is 8. The van der Waals surface area contributed by atoms with E-state index in [1.807, 2.05) is 0 Å². The van der Waals surface area contributed by atoms with E-state index in [0.29, 0.717) is 48.5 Å². The van der Waals surface area contributed by atoms with Gasteiger partial charge in [0.1, 0.15) is 23.9 Å². The highest BCUT2D eigenvalue weighted by Gasteiger charge is 2.74. The molecular weight excluding hydrogens is 546 g/mol. The first-order valence-corrected chi connectivity index (χ1v) is 15.2. The summed E-state index contributed by atoms with van der Waals surface area (Å²) >= 11 is 0. The highest BCUT2D eigenvalue weighted by molar-refractivity contribution is 5.89. The second-order valence-corrected chi connectivity index (χ2v) is 13.5. The summed E-state index contributed by atoms with van der Waals surface area (Å²) in [6, 6.07) is 0. The molecule has 16 atom stereocenters. The zero-order valence-electron chi connectivity index (χ0n) is 25.0. The second kappa shape index (κ2) is 13.8. The monoisotopic (exact) mass is 611 g/mol. The van der Waals surface area contributed by atoms with Gasteiger partial charge in [-0.3, -0.25) is 0 Å². The molecule has 0 N–H and O–H groups in total. The normalized spacial score (nSPS) is 50.7. The van der Waals surface area contributed by atoms with Crippen molar-refractivity contribution in [3.63, 3.8) is 0 Å². The van der Waals surface area contributed by atoms with Gasteiger partial charge in [0.2, 0.25) is 0 Å². The van der Waals surface area contributed by atoms with Crippen molar-refractivity contribution in [2.24, 2.45) is 52.5 Å². The number of ether oxygens (including phenoxy) is 6. The molecule has 0 bridgehead atoms. The van der Waals surface area contributed by atoms with Crippen LogP contribution in [-0.2, 0) is 33.3 Å². The van der Waals surface area contributed by atoms with Gasteiger partial charge in [0, 0.05) is 32.5 Å². The molecule has 6 unspecified atom stereocenters. The van der Waals surface area contributed by atoms with Gasteiger partial charge in [-0.1, -0.05) is 75.2 Å².